The highest BCUT2D eigenvalue weighted by Crippen LogP contribution is 2.26. The quantitative estimate of drug-likeness (QED) is 0.331. The molecule has 33 heavy (non-hydrogen) atoms. The number of sulfone groups is 1. The molecule has 1 heterocycles. The van der Waals surface area contributed by atoms with E-state index < -0.39 is 14.9 Å². The van der Waals surface area contributed by atoms with Crippen LogP contribution >= 0.6 is 0 Å². The molecule has 0 radical (unpaired) electrons. The summed E-state index contributed by atoms with van der Waals surface area (Å²) in [6, 6.07) is 23.8. The number of nitrogens with one attached hydrogen (secondary N) is 1. The second kappa shape index (κ2) is 11.1. The predicted molar refractivity (Wildman–Crippen MR) is 137 cm³/mol. The molecule has 3 N–H and O–H groups in total. The van der Waals surface area contributed by atoms with E-state index in [4.69, 9.17) is 11.1 Å². The molecule has 0 unspecified atom stereocenters. The lowest BCUT2D eigenvalue weighted by atomic mass is 10.1. The first-order valence-electron chi connectivity index (χ1n) is 11.2. The second-order valence-corrected chi connectivity index (χ2v) is 9.55. The van der Waals surface area contributed by atoms with Crippen LogP contribution in [0.3, 0.4) is 0 Å². The van der Waals surface area contributed by atoms with Crippen molar-refractivity contribution in [3.05, 3.63) is 90.0 Å². The molecule has 174 valence electrons. The van der Waals surface area contributed by atoms with Crippen LogP contribution in [0, 0.1) is 5.41 Å². The predicted octanol–water partition coefficient (Wildman–Crippen LogP) is 4.42. The molecule has 0 spiro atoms. The Kier molecular flexibility index (Phi) is 8.25. The number of rotatable bonds is 5. The summed E-state index contributed by atoms with van der Waals surface area (Å²) in [4.78, 5) is 4.72. The van der Waals surface area contributed by atoms with Crippen molar-refractivity contribution in [1.29, 1.82) is 5.41 Å². The lowest BCUT2D eigenvalue weighted by Gasteiger charge is -2.36. The van der Waals surface area contributed by atoms with E-state index in [9.17, 15) is 8.42 Å². The summed E-state index contributed by atoms with van der Waals surface area (Å²) < 4.78 is 25.8. The fourth-order valence-corrected chi connectivity index (χ4v) is 5.02. The number of nitrogens with zero attached hydrogens (tertiary/aromatic N) is 2. The molecule has 0 aromatic heterocycles. The van der Waals surface area contributed by atoms with Crippen molar-refractivity contribution in [2.45, 2.75) is 25.3 Å². The molecule has 1 saturated heterocycles. The van der Waals surface area contributed by atoms with E-state index in [-0.39, 0.29) is 16.1 Å². The van der Waals surface area contributed by atoms with E-state index in [1.807, 2.05) is 26.0 Å². The maximum Gasteiger partial charge on any atom is 0.223 e. The molecule has 6 nitrogen and oxygen atoms in total. The van der Waals surface area contributed by atoms with Gasteiger partial charge in [0, 0.05) is 49.7 Å². The SMILES string of the molecule is CC.N=C(c1cc(N2CCN(Cc3ccccc3)CC2)ccc1N)S(=O)(=O)c1ccccc1. The number of benzene rings is 3. The number of hydrogen-bond acceptors (Lipinski definition) is 6. The normalized spacial score (nSPS) is 14.3. The highest BCUT2D eigenvalue weighted by Gasteiger charge is 2.25. The fourth-order valence-electron chi connectivity index (χ4n) is 3.81. The van der Waals surface area contributed by atoms with Gasteiger partial charge in [-0.3, -0.25) is 10.3 Å². The zero-order valence-electron chi connectivity index (χ0n) is 19.2. The summed E-state index contributed by atoms with van der Waals surface area (Å²) in [5, 5.41) is 7.91. The number of piperazine rings is 1. The van der Waals surface area contributed by atoms with Gasteiger partial charge in [0.15, 0.2) is 5.04 Å². The second-order valence-electron chi connectivity index (χ2n) is 7.67. The van der Waals surface area contributed by atoms with E-state index >= 15 is 0 Å². The van der Waals surface area contributed by atoms with Gasteiger partial charge in [-0.05, 0) is 35.9 Å². The van der Waals surface area contributed by atoms with Crippen molar-refractivity contribution >= 4 is 26.3 Å². The van der Waals surface area contributed by atoms with Gasteiger partial charge in [0.25, 0.3) is 0 Å². The van der Waals surface area contributed by atoms with Crippen LogP contribution in [-0.2, 0) is 16.4 Å². The smallest absolute Gasteiger partial charge is 0.223 e. The summed E-state index contributed by atoms with van der Waals surface area (Å²) in [6.45, 7) is 8.40. The molecule has 0 aliphatic carbocycles. The lowest BCUT2D eigenvalue weighted by molar-refractivity contribution is 0.250. The minimum absolute atomic E-state index is 0.0966. The Morgan fingerprint density at radius 3 is 2.06 bits per heavy atom. The molecule has 0 atom stereocenters. The molecule has 1 aliphatic heterocycles. The molecule has 3 aromatic carbocycles. The number of nitrogens with two attached hydrogens (primary N) is 1. The Labute approximate surface area is 197 Å². The van der Waals surface area contributed by atoms with Crippen LogP contribution < -0.4 is 10.6 Å². The molecule has 1 aliphatic rings. The van der Waals surface area contributed by atoms with Crippen molar-refractivity contribution in [1.82, 2.24) is 4.90 Å². The lowest BCUT2D eigenvalue weighted by Crippen LogP contribution is -2.46. The van der Waals surface area contributed by atoms with E-state index in [2.05, 4.69) is 34.1 Å². The third-order valence-corrected chi connectivity index (χ3v) is 7.24. The zero-order chi connectivity index (χ0) is 23.8. The zero-order valence-corrected chi connectivity index (χ0v) is 20.1. The first-order chi connectivity index (χ1) is 15.9. The molecule has 4 rings (SSSR count). The third-order valence-electron chi connectivity index (χ3n) is 5.59. The molecule has 1 fully saturated rings. The molecule has 0 bridgehead atoms. The van der Waals surface area contributed by atoms with Crippen molar-refractivity contribution < 1.29 is 8.42 Å². The Bertz CT molecular complexity index is 1160. The minimum atomic E-state index is -3.93. The Balaban J connectivity index is 0.00000149. The summed E-state index contributed by atoms with van der Waals surface area (Å²) in [5.41, 5.74) is 8.78. The van der Waals surface area contributed by atoms with Gasteiger partial charge in [-0.2, -0.15) is 0 Å². The van der Waals surface area contributed by atoms with Gasteiger partial charge >= 0.3 is 0 Å². The summed E-state index contributed by atoms with van der Waals surface area (Å²) in [7, 11) is -3.93. The highest BCUT2D eigenvalue weighted by atomic mass is 32.2. The van der Waals surface area contributed by atoms with E-state index in [1.165, 1.54) is 17.7 Å². The monoisotopic (exact) mass is 464 g/mol. The van der Waals surface area contributed by atoms with Crippen molar-refractivity contribution in [2.24, 2.45) is 0 Å². The number of hydrogen-bond donors (Lipinski definition) is 2. The van der Waals surface area contributed by atoms with E-state index in [0.717, 1.165) is 38.4 Å². The first kappa shape index (κ1) is 24.5. The average molecular weight is 465 g/mol. The van der Waals surface area contributed by atoms with E-state index in [1.54, 1.807) is 30.3 Å². The maximum absolute atomic E-state index is 12.9. The topological polar surface area (TPSA) is 90.5 Å². The Morgan fingerprint density at radius 2 is 1.45 bits per heavy atom. The van der Waals surface area contributed by atoms with Crippen LogP contribution in [0.25, 0.3) is 0 Å². The number of nitrogen functional groups attached to an aromatic ring is 1. The van der Waals surface area contributed by atoms with Gasteiger partial charge in [-0.15, -0.1) is 0 Å². The summed E-state index contributed by atoms with van der Waals surface area (Å²) in [6.07, 6.45) is 0. The van der Waals surface area contributed by atoms with Crippen LogP contribution in [-0.4, -0.2) is 44.5 Å². The molecule has 7 heteroatoms. The molecule has 0 saturated carbocycles. The van der Waals surface area contributed by atoms with Gasteiger partial charge in [-0.1, -0.05) is 62.4 Å². The molecular formula is C26H32N4O2S. The van der Waals surface area contributed by atoms with Crippen molar-refractivity contribution in [3.8, 4) is 0 Å². The van der Waals surface area contributed by atoms with Gasteiger partial charge < -0.3 is 10.6 Å². The Hall–Kier alpha value is -3.16. The maximum atomic E-state index is 12.9. The van der Waals surface area contributed by atoms with Gasteiger partial charge in [0.05, 0.1) is 4.90 Å². The average Bonchev–Trinajstić information content (AvgIpc) is 2.87. The standard InChI is InChI=1S/C24H26N4O2S.C2H6/c25-23-12-11-20(17-22(23)24(26)31(29,30)21-9-5-2-6-10-21)28-15-13-27(14-16-28)18-19-7-3-1-4-8-19;1-2/h1-12,17,26H,13-16,18,25H2;1-2H3. The Morgan fingerprint density at radius 1 is 0.879 bits per heavy atom. The van der Waals surface area contributed by atoms with Crippen LogP contribution in [0.5, 0.6) is 0 Å². The van der Waals surface area contributed by atoms with Crippen LogP contribution in [0.2, 0.25) is 0 Å². The fraction of sp³-hybridized carbons (Fsp3) is 0.269. The van der Waals surface area contributed by atoms with Crippen molar-refractivity contribution in [2.75, 3.05) is 36.8 Å². The molecule has 3 aromatic rings. The van der Waals surface area contributed by atoms with Crippen LogP contribution in [0.4, 0.5) is 11.4 Å². The largest absolute Gasteiger partial charge is 0.398 e. The van der Waals surface area contributed by atoms with E-state index in [0.29, 0.717) is 0 Å². The first-order valence-corrected chi connectivity index (χ1v) is 12.7. The van der Waals surface area contributed by atoms with Gasteiger partial charge in [-0.25, -0.2) is 8.42 Å². The molecule has 0 amide bonds. The molecular weight excluding hydrogens is 432 g/mol. The van der Waals surface area contributed by atoms with Gasteiger partial charge in [0.2, 0.25) is 9.84 Å². The van der Waals surface area contributed by atoms with Crippen LogP contribution in [0.1, 0.15) is 25.0 Å². The minimum Gasteiger partial charge on any atom is -0.398 e. The van der Waals surface area contributed by atoms with Crippen LogP contribution in [0.15, 0.2) is 83.8 Å². The number of anilines is 2. The third kappa shape index (κ3) is 5.80. The van der Waals surface area contributed by atoms with Gasteiger partial charge in [0.1, 0.15) is 0 Å². The summed E-state index contributed by atoms with van der Waals surface area (Å²) in [5.74, 6) is 0. The highest BCUT2D eigenvalue weighted by molar-refractivity contribution is 8.06. The van der Waals surface area contributed by atoms with Crippen molar-refractivity contribution in [3.63, 3.8) is 0 Å². The summed E-state index contributed by atoms with van der Waals surface area (Å²) >= 11 is 0.